The number of para-hydroxylation sites is 1. The number of nitrogens with one attached hydrogen (secondary N) is 1. The molecule has 0 unspecified atom stereocenters. The van der Waals surface area contributed by atoms with E-state index in [2.05, 4.69) is 33.5 Å². The molecule has 0 saturated heterocycles. The molecule has 168 valence electrons. The van der Waals surface area contributed by atoms with Crippen LogP contribution in [0, 0.1) is 10.1 Å². The highest BCUT2D eigenvalue weighted by Crippen LogP contribution is 2.35. The van der Waals surface area contributed by atoms with Gasteiger partial charge in [0.05, 0.1) is 10.7 Å². The van der Waals surface area contributed by atoms with E-state index >= 15 is 0 Å². The first-order valence-electron chi connectivity index (χ1n) is 10.4. The second-order valence-electron chi connectivity index (χ2n) is 7.19. The lowest BCUT2D eigenvalue weighted by molar-refractivity contribution is -0.384. The van der Waals surface area contributed by atoms with Crippen LogP contribution in [0.15, 0.2) is 53.8 Å². The van der Waals surface area contributed by atoms with Gasteiger partial charge in [-0.3, -0.25) is 14.9 Å². The maximum absolute atomic E-state index is 12.7. The van der Waals surface area contributed by atoms with E-state index in [4.69, 9.17) is 0 Å². The quantitative estimate of drug-likeness (QED) is 0.153. The molecule has 33 heavy (non-hydrogen) atoms. The van der Waals surface area contributed by atoms with Gasteiger partial charge in [-0.1, -0.05) is 43.8 Å². The van der Waals surface area contributed by atoms with E-state index in [1.54, 1.807) is 12.1 Å². The van der Waals surface area contributed by atoms with Crippen molar-refractivity contribution in [3.05, 3.63) is 70.0 Å². The number of anilines is 1. The summed E-state index contributed by atoms with van der Waals surface area (Å²) in [4.78, 5) is 31.9. The Bertz CT molecular complexity index is 1300. The van der Waals surface area contributed by atoms with Gasteiger partial charge in [-0.05, 0) is 47.6 Å². The van der Waals surface area contributed by atoms with Crippen LogP contribution >= 0.6 is 23.3 Å². The standard InChI is InChI=1S/C23H21N5O3S2/c1-3-14-6-5-7-15(4-2)19(14)26-18(29)12-32-23-22-21(24-13-25-23)20(27-33-22)16-8-10-17(11-9-16)28(30)31/h5-11,13H,3-4,12H2,1-2H3,(H,26,29). The highest BCUT2D eigenvalue weighted by Gasteiger charge is 2.17. The zero-order chi connectivity index (χ0) is 23.4. The summed E-state index contributed by atoms with van der Waals surface area (Å²) in [6.07, 6.45) is 3.14. The van der Waals surface area contributed by atoms with Crippen molar-refractivity contribution in [1.29, 1.82) is 0 Å². The molecule has 0 bridgehead atoms. The zero-order valence-electron chi connectivity index (χ0n) is 18.1. The lowest BCUT2D eigenvalue weighted by Crippen LogP contribution is -2.16. The number of benzene rings is 2. The molecule has 2 aromatic heterocycles. The predicted octanol–water partition coefficient (Wildman–Crippen LogP) is 5.52. The van der Waals surface area contributed by atoms with E-state index in [-0.39, 0.29) is 17.3 Å². The van der Waals surface area contributed by atoms with Gasteiger partial charge < -0.3 is 5.32 Å². The van der Waals surface area contributed by atoms with Crippen LogP contribution in [0.25, 0.3) is 21.5 Å². The molecular formula is C23H21N5O3S2. The summed E-state index contributed by atoms with van der Waals surface area (Å²) in [6, 6.07) is 12.3. The summed E-state index contributed by atoms with van der Waals surface area (Å²) in [6.45, 7) is 4.15. The van der Waals surface area contributed by atoms with Crippen molar-refractivity contribution in [1.82, 2.24) is 14.3 Å². The van der Waals surface area contributed by atoms with Crippen molar-refractivity contribution in [3.8, 4) is 11.3 Å². The van der Waals surface area contributed by atoms with Gasteiger partial charge in [-0.15, -0.1) is 0 Å². The Balaban J connectivity index is 1.52. The Kier molecular flexibility index (Phi) is 6.95. The molecule has 2 aromatic carbocycles. The molecule has 1 amide bonds. The number of fused-ring (bicyclic) bond motifs is 1. The van der Waals surface area contributed by atoms with Crippen LogP contribution in [0.5, 0.6) is 0 Å². The predicted molar refractivity (Wildman–Crippen MR) is 132 cm³/mol. The zero-order valence-corrected chi connectivity index (χ0v) is 19.7. The Hall–Kier alpha value is -3.37. The van der Waals surface area contributed by atoms with Crippen LogP contribution in [0.1, 0.15) is 25.0 Å². The SMILES string of the molecule is CCc1cccc(CC)c1NC(=O)CSc1ncnc2c(-c3ccc([N+](=O)[O-])cc3)nsc12. The largest absolute Gasteiger partial charge is 0.325 e. The smallest absolute Gasteiger partial charge is 0.269 e. The van der Waals surface area contributed by atoms with Gasteiger partial charge >= 0.3 is 0 Å². The third-order valence-corrected chi connectivity index (χ3v) is 7.14. The van der Waals surface area contributed by atoms with E-state index in [1.807, 2.05) is 18.2 Å². The summed E-state index contributed by atoms with van der Waals surface area (Å²) >= 11 is 2.59. The van der Waals surface area contributed by atoms with E-state index < -0.39 is 4.92 Å². The van der Waals surface area contributed by atoms with Crippen LogP contribution < -0.4 is 5.32 Å². The summed E-state index contributed by atoms with van der Waals surface area (Å²) < 4.78 is 5.28. The maximum Gasteiger partial charge on any atom is 0.269 e. The molecule has 4 aromatic rings. The van der Waals surface area contributed by atoms with Crippen LogP contribution in [-0.2, 0) is 17.6 Å². The molecule has 0 saturated carbocycles. The Labute approximate surface area is 198 Å². The second kappa shape index (κ2) is 10.1. The molecule has 2 heterocycles. The number of hydrogen-bond acceptors (Lipinski definition) is 8. The molecule has 8 nitrogen and oxygen atoms in total. The minimum absolute atomic E-state index is 0.0195. The number of carbonyl (C=O) groups is 1. The molecule has 0 aliphatic carbocycles. The molecular weight excluding hydrogens is 458 g/mol. The number of nitro benzene ring substituents is 1. The van der Waals surface area contributed by atoms with E-state index in [9.17, 15) is 14.9 Å². The topological polar surface area (TPSA) is 111 Å². The maximum atomic E-state index is 12.7. The lowest BCUT2D eigenvalue weighted by Gasteiger charge is -2.14. The van der Waals surface area contributed by atoms with Crippen molar-refractivity contribution in [3.63, 3.8) is 0 Å². The molecule has 1 N–H and O–H groups in total. The van der Waals surface area contributed by atoms with Crippen molar-refractivity contribution >= 4 is 50.8 Å². The third kappa shape index (κ3) is 4.86. The van der Waals surface area contributed by atoms with Crippen LogP contribution in [0.3, 0.4) is 0 Å². The number of rotatable bonds is 8. The number of aryl methyl sites for hydroxylation is 2. The molecule has 10 heteroatoms. The highest BCUT2D eigenvalue weighted by atomic mass is 32.2. The van der Waals surface area contributed by atoms with Crippen LogP contribution in [-0.4, -0.2) is 30.9 Å². The third-order valence-electron chi connectivity index (χ3n) is 5.18. The fourth-order valence-electron chi connectivity index (χ4n) is 3.49. The summed E-state index contributed by atoms with van der Waals surface area (Å²) in [5.41, 5.74) is 5.20. The molecule has 0 radical (unpaired) electrons. The average molecular weight is 480 g/mol. The monoisotopic (exact) mass is 479 g/mol. The Morgan fingerprint density at radius 2 is 1.79 bits per heavy atom. The van der Waals surface area contributed by atoms with Gasteiger partial charge in [0.1, 0.15) is 27.3 Å². The molecule has 0 atom stereocenters. The lowest BCUT2D eigenvalue weighted by atomic mass is 10.0. The van der Waals surface area contributed by atoms with Crippen molar-refractivity contribution in [2.75, 3.05) is 11.1 Å². The molecule has 0 aliphatic heterocycles. The number of non-ortho nitro benzene ring substituents is 1. The van der Waals surface area contributed by atoms with Gasteiger partial charge in [0.25, 0.3) is 5.69 Å². The number of nitrogens with zero attached hydrogens (tertiary/aromatic N) is 4. The molecule has 0 fully saturated rings. The van der Waals surface area contributed by atoms with Crippen molar-refractivity contribution in [2.45, 2.75) is 31.7 Å². The second-order valence-corrected chi connectivity index (χ2v) is 8.92. The minimum Gasteiger partial charge on any atom is -0.325 e. The summed E-state index contributed by atoms with van der Waals surface area (Å²) in [5.74, 6) is 0.111. The van der Waals surface area contributed by atoms with Gasteiger partial charge in [-0.2, -0.15) is 4.37 Å². The average Bonchev–Trinajstić information content (AvgIpc) is 3.27. The van der Waals surface area contributed by atoms with Gasteiger partial charge in [0, 0.05) is 23.4 Å². The van der Waals surface area contributed by atoms with Crippen molar-refractivity contribution < 1.29 is 9.72 Å². The van der Waals surface area contributed by atoms with Crippen LogP contribution in [0.2, 0.25) is 0 Å². The first-order chi connectivity index (χ1) is 16.0. The summed E-state index contributed by atoms with van der Waals surface area (Å²) in [7, 11) is 0. The van der Waals surface area contributed by atoms with Gasteiger partial charge in [0.2, 0.25) is 5.91 Å². The Morgan fingerprint density at radius 1 is 1.09 bits per heavy atom. The van der Waals surface area contributed by atoms with Gasteiger partial charge in [0.15, 0.2) is 0 Å². The highest BCUT2D eigenvalue weighted by molar-refractivity contribution is 8.00. The van der Waals surface area contributed by atoms with E-state index in [0.29, 0.717) is 16.2 Å². The fourth-order valence-corrected chi connectivity index (χ4v) is 5.21. The first-order valence-corrected chi connectivity index (χ1v) is 12.2. The fraction of sp³-hybridized carbons (Fsp3) is 0.217. The van der Waals surface area contributed by atoms with Gasteiger partial charge in [-0.25, -0.2) is 9.97 Å². The first kappa shape index (κ1) is 22.8. The van der Waals surface area contributed by atoms with Crippen LogP contribution in [0.4, 0.5) is 11.4 Å². The van der Waals surface area contributed by atoms with Crippen molar-refractivity contribution in [2.24, 2.45) is 0 Å². The molecule has 4 rings (SSSR count). The Morgan fingerprint density at radius 3 is 2.42 bits per heavy atom. The number of carbonyl (C=O) groups excluding carboxylic acids is 1. The number of hydrogen-bond donors (Lipinski definition) is 1. The van der Waals surface area contributed by atoms with E-state index in [0.717, 1.165) is 39.9 Å². The number of nitro groups is 1. The number of aromatic nitrogens is 3. The number of thioether (sulfide) groups is 1. The summed E-state index contributed by atoms with van der Waals surface area (Å²) in [5, 5.41) is 14.7. The minimum atomic E-state index is -0.437. The molecule has 0 spiro atoms. The number of amides is 1. The normalized spacial score (nSPS) is 11.0. The van der Waals surface area contributed by atoms with E-state index in [1.165, 1.54) is 41.8 Å². The molecule has 0 aliphatic rings.